The van der Waals surface area contributed by atoms with Crippen molar-refractivity contribution in [1.82, 2.24) is 4.98 Å². The van der Waals surface area contributed by atoms with E-state index in [4.69, 9.17) is 9.31 Å². The molecule has 0 N–H and O–H groups in total. The Morgan fingerprint density at radius 1 is 1.14 bits per heavy atom. The van der Waals surface area contributed by atoms with Gasteiger partial charge < -0.3 is 14.2 Å². The maximum atomic E-state index is 14.8. The Labute approximate surface area is 125 Å². The Morgan fingerprint density at radius 3 is 2.29 bits per heavy atom. The normalized spacial score (nSPS) is 23.9. The van der Waals surface area contributed by atoms with E-state index in [2.05, 4.69) is 9.88 Å². The second-order valence-corrected chi connectivity index (χ2v) is 6.81. The summed E-state index contributed by atoms with van der Waals surface area (Å²) in [6, 6.07) is 1.73. The summed E-state index contributed by atoms with van der Waals surface area (Å²) in [7, 11) is -0.752. The van der Waals surface area contributed by atoms with E-state index in [1.165, 1.54) is 0 Å². The molecular formula is C15H22BFN2O2. The first kappa shape index (κ1) is 14.8. The van der Waals surface area contributed by atoms with Gasteiger partial charge in [-0.1, -0.05) is 0 Å². The van der Waals surface area contributed by atoms with Gasteiger partial charge in [0.2, 0.25) is 0 Å². The maximum absolute atomic E-state index is 14.8. The standard InChI is InChI=1S/C15H22BFN2O2/c1-14(2)15(3,4)21-16(20-14)13-12(17)11(7-8-18-13)19-9-5-6-10-19/h7-8H,5-6,9-10H2,1-4H3. The van der Waals surface area contributed by atoms with Gasteiger partial charge in [0.1, 0.15) is 5.59 Å². The van der Waals surface area contributed by atoms with Crippen molar-refractivity contribution in [2.75, 3.05) is 18.0 Å². The Morgan fingerprint density at radius 2 is 1.71 bits per heavy atom. The van der Waals surface area contributed by atoms with Crippen molar-refractivity contribution in [2.24, 2.45) is 0 Å². The van der Waals surface area contributed by atoms with Gasteiger partial charge in [-0.25, -0.2) is 4.39 Å². The summed E-state index contributed by atoms with van der Waals surface area (Å²) in [5.41, 5.74) is -0.129. The number of pyridine rings is 1. The molecule has 6 heteroatoms. The number of hydrogen-bond acceptors (Lipinski definition) is 4. The molecule has 0 spiro atoms. The predicted octanol–water partition coefficient (Wildman–Crippen LogP) is 2.12. The lowest BCUT2D eigenvalue weighted by atomic mass is 9.83. The topological polar surface area (TPSA) is 34.6 Å². The van der Waals surface area contributed by atoms with Gasteiger partial charge in [-0.05, 0) is 46.6 Å². The monoisotopic (exact) mass is 292 g/mol. The molecule has 3 rings (SSSR count). The molecule has 2 saturated heterocycles. The molecule has 0 amide bonds. The van der Waals surface area contributed by atoms with Crippen LogP contribution >= 0.6 is 0 Å². The zero-order chi connectivity index (χ0) is 15.3. The van der Waals surface area contributed by atoms with Gasteiger partial charge in [-0.2, -0.15) is 0 Å². The fourth-order valence-corrected chi connectivity index (χ4v) is 2.77. The quantitative estimate of drug-likeness (QED) is 0.782. The van der Waals surface area contributed by atoms with Gasteiger partial charge >= 0.3 is 7.12 Å². The summed E-state index contributed by atoms with van der Waals surface area (Å²) in [4.78, 5) is 6.23. The summed E-state index contributed by atoms with van der Waals surface area (Å²) in [6.07, 6.45) is 3.85. The number of rotatable bonds is 2. The van der Waals surface area contributed by atoms with Crippen LogP contribution in [0.5, 0.6) is 0 Å². The Kier molecular flexibility index (Phi) is 3.49. The third kappa shape index (κ3) is 2.44. The molecule has 2 aliphatic heterocycles. The smallest absolute Gasteiger partial charge is 0.398 e. The second kappa shape index (κ2) is 4.95. The van der Waals surface area contributed by atoms with Crippen LogP contribution < -0.4 is 10.5 Å². The number of halogens is 1. The highest BCUT2D eigenvalue weighted by Crippen LogP contribution is 2.36. The summed E-state index contributed by atoms with van der Waals surface area (Å²) in [5, 5.41) is 0. The van der Waals surface area contributed by atoms with Gasteiger partial charge in [0.25, 0.3) is 0 Å². The van der Waals surface area contributed by atoms with Crippen LogP contribution in [0.1, 0.15) is 40.5 Å². The molecule has 0 bridgehead atoms. The van der Waals surface area contributed by atoms with Gasteiger partial charge in [-0.15, -0.1) is 0 Å². The first-order chi connectivity index (χ1) is 9.82. The zero-order valence-electron chi connectivity index (χ0n) is 13.1. The van der Waals surface area contributed by atoms with Crippen LogP contribution in [0.3, 0.4) is 0 Å². The molecule has 4 nitrogen and oxygen atoms in total. The zero-order valence-corrected chi connectivity index (χ0v) is 13.1. The van der Waals surface area contributed by atoms with Crippen molar-refractivity contribution in [2.45, 2.75) is 51.7 Å². The van der Waals surface area contributed by atoms with E-state index in [0.29, 0.717) is 5.69 Å². The highest BCUT2D eigenvalue weighted by atomic mass is 19.1. The fraction of sp³-hybridized carbons (Fsp3) is 0.667. The highest BCUT2D eigenvalue weighted by molar-refractivity contribution is 6.61. The number of aromatic nitrogens is 1. The number of hydrogen-bond donors (Lipinski definition) is 0. The molecule has 0 radical (unpaired) electrons. The molecule has 0 aromatic carbocycles. The Bertz CT molecular complexity index is 528. The average molecular weight is 292 g/mol. The van der Waals surface area contributed by atoms with Gasteiger partial charge in [-0.3, -0.25) is 4.98 Å². The Balaban J connectivity index is 1.92. The summed E-state index contributed by atoms with van der Waals surface area (Å²) in [5.74, 6) is -0.321. The van der Waals surface area contributed by atoms with E-state index in [-0.39, 0.29) is 11.4 Å². The molecule has 114 valence electrons. The first-order valence-electron chi connectivity index (χ1n) is 7.57. The van der Waals surface area contributed by atoms with Crippen molar-refractivity contribution in [3.63, 3.8) is 0 Å². The molecule has 2 aliphatic rings. The van der Waals surface area contributed by atoms with E-state index in [0.717, 1.165) is 25.9 Å². The summed E-state index contributed by atoms with van der Waals surface area (Å²) >= 11 is 0. The minimum Gasteiger partial charge on any atom is -0.398 e. The third-order valence-corrected chi connectivity index (χ3v) is 4.82. The predicted molar refractivity (Wildman–Crippen MR) is 81.4 cm³/mol. The molecular weight excluding hydrogens is 270 g/mol. The van der Waals surface area contributed by atoms with Crippen molar-refractivity contribution in [1.29, 1.82) is 0 Å². The average Bonchev–Trinajstić information content (AvgIpc) is 2.97. The SMILES string of the molecule is CC1(C)OB(c2nccc(N3CCCC3)c2F)OC1(C)C. The molecule has 21 heavy (non-hydrogen) atoms. The number of nitrogens with zero attached hydrogens (tertiary/aromatic N) is 2. The highest BCUT2D eigenvalue weighted by Gasteiger charge is 2.53. The second-order valence-electron chi connectivity index (χ2n) is 6.81. The van der Waals surface area contributed by atoms with Crippen molar-refractivity contribution < 1.29 is 13.7 Å². The Hall–Kier alpha value is -1.14. The lowest BCUT2D eigenvalue weighted by Gasteiger charge is -2.32. The molecule has 3 heterocycles. The van der Waals surface area contributed by atoms with E-state index >= 15 is 0 Å². The lowest BCUT2D eigenvalue weighted by Crippen LogP contribution is -2.41. The van der Waals surface area contributed by atoms with E-state index in [9.17, 15) is 4.39 Å². The lowest BCUT2D eigenvalue weighted by molar-refractivity contribution is 0.00578. The number of anilines is 1. The fourth-order valence-electron chi connectivity index (χ4n) is 2.77. The molecule has 2 fully saturated rings. The molecule has 0 saturated carbocycles. The van der Waals surface area contributed by atoms with Crippen LogP contribution in [0.2, 0.25) is 0 Å². The van der Waals surface area contributed by atoms with Gasteiger partial charge in [0.15, 0.2) is 5.82 Å². The molecule has 1 aromatic rings. The van der Waals surface area contributed by atoms with Crippen LogP contribution in [0.15, 0.2) is 12.3 Å². The van der Waals surface area contributed by atoms with Crippen LogP contribution in [0.25, 0.3) is 0 Å². The van der Waals surface area contributed by atoms with E-state index in [1.807, 2.05) is 27.7 Å². The van der Waals surface area contributed by atoms with Crippen LogP contribution in [-0.4, -0.2) is 36.4 Å². The van der Waals surface area contributed by atoms with E-state index in [1.54, 1.807) is 12.3 Å². The summed E-state index contributed by atoms with van der Waals surface area (Å²) < 4.78 is 26.6. The molecule has 1 aromatic heterocycles. The third-order valence-electron chi connectivity index (χ3n) is 4.82. The van der Waals surface area contributed by atoms with Gasteiger partial charge in [0, 0.05) is 19.3 Å². The maximum Gasteiger partial charge on any atom is 0.517 e. The van der Waals surface area contributed by atoms with Crippen molar-refractivity contribution >= 4 is 18.4 Å². The van der Waals surface area contributed by atoms with E-state index < -0.39 is 18.3 Å². The van der Waals surface area contributed by atoms with Crippen molar-refractivity contribution in [3.8, 4) is 0 Å². The van der Waals surface area contributed by atoms with Crippen LogP contribution in [-0.2, 0) is 9.31 Å². The van der Waals surface area contributed by atoms with Gasteiger partial charge in [0.05, 0.1) is 16.9 Å². The molecule has 0 atom stereocenters. The van der Waals surface area contributed by atoms with Crippen molar-refractivity contribution in [3.05, 3.63) is 18.1 Å². The minimum atomic E-state index is -0.752. The molecule has 0 aliphatic carbocycles. The largest absolute Gasteiger partial charge is 0.517 e. The first-order valence-corrected chi connectivity index (χ1v) is 7.57. The van der Waals surface area contributed by atoms with Crippen LogP contribution in [0.4, 0.5) is 10.1 Å². The minimum absolute atomic E-state index is 0.248. The van der Waals surface area contributed by atoms with Crippen LogP contribution in [0, 0.1) is 5.82 Å². The molecule has 0 unspecified atom stereocenters. The summed E-state index contributed by atoms with van der Waals surface area (Å²) in [6.45, 7) is 9.60.